The van der Waals surface area contributed by atoms with E-state index in [0.717, 1.165) is 37.9 Å². The first-order chi connectivity index (χ1) is 9.50. The lowest BCUT2D eigenvalue weighted by Crippen LogP contribution is -2.47. The van der Waals surface area contributed by atoms with Crippen molar-refractivity contribution in [1.29, 1.82) is 0 Å². The molecule has 0 radical (unpaired) electrons. The van der Waals surface area contributed by atoms with E-state index < -0.39 is 23.8 Å². The quantitative estimate of drug-likeness (QED) is 0.891. The minimum Gasteiger partial charge on any atom is -0.392 e. The number of nitrogens with zero attached hydrogens (tertiary/aromatic N) is 1. The molecule has 0 saturated carbocycles. The second kappa shape index (κ2) is 6.61. The Kier molecular flexibility index (Phi) is 5.07. The molecule has 0 amide bonds. The highest BCUT2D eigenvalue weighted by molar-refractivity contribution is 5.22. The van der Waals surface area contributed by atoms with Crippen molar-refractivity contribution >= 4 is 0 Å². The zero-order valence-electron chi connectivity index (χ0n) is 11.6. The Morgan fingerprint density at radius 2 is 1.90 bits per heavy atom. The molecule has 3 unspecified atom stereocenters. The van der Waals surface area contributed by atoms with E-state index in [0.29, 0.717) is 0 Å². The lowest BCUT2D eigenvalue weighted by atomic mass is 9.96. The summed E-state index contributed by atoms with van der Waals surface area (Å²) in [5.41, 5.74) is -0.289. The van der Waals surface area contributed by atoms with Crippen LogP contribution in [0.25, 0.3) is 0 Å². The molecule has 1 fully saturated rings. The molecule has 1 aliphatic rings. The van der Waals surface area contributed by atoms with Crippen molar-refractivity contribution in [2.45, 2.75) is 44.4 Å². The fourth-order valence-electron chi connectivity index (χ4n) is 2.93. The number of halogens is 2. The third-order valence-electron chi connectivity index (χ3n) is 3.96. The van der Waals surface area contributed by atoms with Crippen LogP contribution in [0.5, 0.6) is 0 Å². The van der Waals surface area contributed by atoms with Crippen molar-refractivity contribution in [3.05, 3.63) is 35.4 Å². The molecule has 1 aromatic rings. The molecule has 112 valence electrons. The summed E-state index contributed by atoms with van der Waals surface area (Å²) in [4.78, 5) is 1.92. The predicted octanol–water partition coefficient (Wildman–Crippen LogP) is 2.23. The number of benzene rings is 1. The second-order valence-corrected chi connectivity index (χ2v) is 5.45. The lowest BCUT2D eigenvalue weighted by molar-refractivity contribution is 0.00618. The first-order valence-corrected chi connectivity index (χ1v) is 7.04. The molecule has 0 bridgehead atoms. The minimum atomic E-state index is -1.23. The normalized spacial score (nSPS) is 23.6. The first-order valence-electron chi connectivity index (χ1n) is 7.04. The molecule has 0 aliphatic carbocycles. The van der Waals surface area contributed by atoms with Crippen LogP contribution < -0.4 is 0 Å². The van der Waals surface area contributed by atoms with Gasteiger partial charge in [-0.1, -0.05) is 12.5 Å². The van der Waals surface area contributed by atoms with Crippen LogP contribution in [0, 0.1) is 11.6 Å². The van der Waals surface area contributed by atoms with Crippen molar-refractivity contribution in [2.24, 2.45) is 0 Å². The van der Waals surface area contributed by atoms with Gasteiger partial charge in [0.25, 0.3) is 0 Å². The summed E-state index contributed by atoms with van der Waals surface area (Å²) >= 11 is 0. The molecule has 1 aliphatic heterocycles. The topological polar surface area (TPSA) is 43.7 Å². The van der Waals surface area contributed by atoms with Gasteiger partial charge in [0, 0.05) is 12.6 Å². The molecule has 1 saturated heterocycles. The van der Waals surface area contributed by atoms with Gasteiger partial charge in [-0.15, -0.1) is 0 Å². The van der Waals surface area contributed by atoms with Gasteiger partial charge in [-0.3, -0.25) is 4.90 Å². The molecule has 3 nitrogen and oxygen atoms in total. The fraction of sp³-hybridized carbons (Fsp3) is 0.600. The maximum Gasteiger partial charge on any atom is 0.131 e. The Labute approximate surface area is 117 Å². The van der Waals surface area contributed by atoms with Crippen LogP contribution >= 0.6 is 0 Å². The van der Waals surface area contributed by atoms with Gasteiger partial charge in [0.1, 0.15) is 11.6 Å². The minimum absolute atomic E-state index is 0.0618. The number of rotatable bonds is 4. The van der Waals surface area contributed by atoms with Crippen LogP contribution in [-0.2, 0) is 0 Å². The van der Waals surface area contributed by atoms with Crippen molar-refractivity contribution < 1.29 is 19.0 Å². The van der Waals surface area contributed by atoms with E-state index in [1.165, 1.54) is 6.07 Å². The molecule has 0 spiro atoms. The van der Waals surface area contributed by atoms with Crippen LogP contribution in [0.4, 0.5) is 8.78 Å². The van der Waals surface area contributed by atoms with Crippen LogP contribution in [0.3, 0.4) is 0 Å². The van der Waals surface area contributed by atoms with E-state index in [-0.39, 0.29) is 18.2 Å². The van der Waals surface area contributed by atoms with Crippen LogP contribution in [0.2, 0.25) is 0 Å². The highest BCUT2D eigenvalue weighted by Gasteiger charge is 2.29. The monoisotopic (exact) mass is 285 g/mol. The summed E-state index contributed by atoms with van der Waals surface area (Å²) in [7, 11) is 0. The predicted molar refractivity (Wildman–Crippen MR) is 72.2 cm³/mol. The Morgan fingerprint density at radius 3 is 2.50 bits per heavy atom. The van der Waals surface area contributed by atoms with Gasteiger partial charge in [-0.2, -0.15) is 0 Å². The summed E-state index contributed by atoms with van der Waals surface area (Å²) in [5.74, 6) is -1.47. The highest BCUT2D eigenvalue weighted by Crippen LogP contribution is 2.26. The Morgan fingerprint density at radius 1 is 1.25 bits per heavy atom. The summed E-state index contributed by atoms with van der Waals surface area (Å²) in [5, 5.41) is 19.9. The molecule has 1 heterocycles. The largest absolute Gasteiger partial charge is 0.392 e. The molecule has 2 rings (SSSR count). The van der Waals surface area contributed by atoms with Crippen molar-refractivity contribution in [2.75, 3.05) is 13.1 Å². The maximum atomic E-state index is 13.6. The average Bonchev–Trinajstić information content (AvgIpc) is 2.38. The summed E-state index contributed by atoms with van der Waals surface area (Å²) < 4.78 is 27.3. The second-order valence-electron chi connectivity index (χ2n) is 5.45. The number of hydrogen-bond acceptors (Lipinski definition) is 3. The highest BCUT2D eigenvalue weighted by atomic mass is 19.1. The molecule has 1 aromatic carbocycles. The first kappa shape index (κ1) is 15.4. The smallest absolute Gasteiger partial charge is 0.131 e. The third-order valence-corrected chi connectivity index (χ3v) is 3.96. The zero-order chi connectivity index (χ0) is 14.7. The molecular weight excluding hydrogens is 264 g/mol. The molecular formula is C15H21F2NO2. The van der Waals surface area contributed by atoms with E-state index in [2.05, 4.69) is 0 Å². The Balaban J connectivity index is 2.12. The van der Waals surface area contributed by atoms with E-state index in [1.807, 2.05) is 4.90 Å². The molecule has 0 aromatic heterocycles. The molecule has 3 atom stereocenters. The van der Waals surface area contributed by atoms with E-state index in [9.17, 15) is 19.0 Å². The SMILES string of the molecule is CC(O)C1CCCCN1CC(O)c1c(F)cccc1F. The van der Waals surface area contributed by atoms with E-state index >= 15 is 0 Å². The molecule has 20 heavy (non-hydrogen) atoms. The van der Waals surface area contributed by atoms with Gasteiger partial charge in [0.2, 0.25) is 0 Å². The number of hydrogen-bond donors (Lipinski definition) is 2. The fourth-order valence-corrected chi connectivity index (χ4v) is 2.93. The summed E-state index contributed by atoms with van der Waals surface area (Å²) in [6, 6.07) is 3.50. The van der Waals surface area contributed by atoms with Gasteiger partial charge in [0.15, 0.2) is 0 Å². The summed E-state index contributed by atoms with van der Waals surface area (Å²) in [6.07, 6.45) is 1.08. The third kappa shape index (κ3) is 3.34. The zero-order valence-corrected chi connectivity index (χ0v) is 11.6. The average molecular weight is 285 g/mol. The van der Waals surface area contributed by atoms with Gasteiger partial charge < -0.3 is 10.2 Å². The number of piperidine rings is 1. The van der Waals surface area contributed by atoms with Gasteiger partial charge >= 0.3 is 0 Å². The van der Waals surface area contributed by atoms with Crippen molar-refractivity contribution in [3.63, 3.8) is 0 Å². The number of aliphatic hydroxyl groups is 2. The van der Waals surface area contributed by atoms with Gasteiger partial charge in [-0.05, 0) is 38.4 Å². The van der Waals surface area contributed by atoms with Gasteiger partial charge in [0.05, 0.1) is 17.8 Å². The van der Waals surface area contributed by atoms with Crippen LogP contribution in [0.15, 0.2) is 18.2 Å². The van der Waals surface area contributed by atoms with Gasteiger partial charge in [-0.25, -0.2) is 8.78 Å². The van der Waals surface area contributed by atoms with Crippen molar-refractivity contribution in [1.82, 2.24) is 4.90 Å². The van der Waals surface area contributed by atoms with Crippen LogP contribution in [-0.4, -0.2) is 40.3 Å². The van der Waals surface area contributed by atoms with E-state index in [1.54, 1.807) is 6.92 Å². The summed E-state index contributed by atoms with van der Waals surface area (Å²) in [6.45, 7) is 2.56. The maximum absolute atomic E-state index is 13.6. The number of aliphatic hydroxyl groups excluding tert-OH is 2. The lowest BCUT2D eigenvalue weighted by Gasteiger charge is -2.38. The Bertz CT molecular complexity index is 433. The molecule has 2 N–H and O–H groups in total. The van der Waals surface area contributed by atoms with Crippen LogP contribution in [0.1, 0.15) is 37.9 Å². The number of likely N-dealkylation sites (tertiary alicyclic amines) is 1. The van der Waals surface area contributed by atoms with Crippen molar-refractivity contribution in [3.8, 4) is 0 Å². The Hall–Kier alpha value is -1.04. The number of β-amino-alcohol motifs (C(OH)–C–C–N with tert-alkyl or cyclic N) is 1. The standard InChI is InChI=1S/C15H21F2NO2/c1-10(19)13-7-2-3-8-18(13)9-14(20)15-11(16)5-4-6-12(15)17/h4-6,10,13-14,19-20H,2-3,7-9H2,1H3. The van der Waals surface area contributed by atoms with E-state index in [4.69, 9.17) is 0 Å². The molecule has 5 heteroatoms.